The number of piperidine rings is 1. The van der Waals surface area contributed by atoms with E-state index in [1.807, 2.05) is 18.2 Å². The molecule has 1 amide bonds. The number of hydrogen-bond donors (Lipinski definition) is 2. The van der Waals surface area contributed by atoms with Crippen molar-refractivity contribution in [1.29, 1.82) is 0 Å². The van der Waals surface area contributed by atoms with Crippen molar-refractivity contribution in [2.45, 2.75) is 45.4 Å². The van der Waals surface area contributed by atoms with E-state index < -0.39 is 0 Å². The first-order valence-electron chi connectivity index (χ1n) is 7.78. The van der Waals surface area contributed by atoms with E-state index in [0.717, 1.165) is 24.3 Å². The molecule has 1 heterocycles. The fraction of sp³-hybridized carbons (Fsp3) is 0.588. The highest BCUT2D eigenvalue weighted by Gasteiger charge is 2.20. The average Bonchev–Trinajstić information content (AvgIpc) is 2.38. The molecule has 0 atom stereocenters. The Morgan fingerprint density at radius 3 is 2.52 bits per heavy atom. The first-order chi connectivity index (χ1) is 9.86. The van der Waals surface area contributed by atoms with E-state index in [1.54, 1.807) is 0 Å². The molecule has 2 rings (SSSR count). The zero-order valence-electron chi connectivity index (χ0n) is 13.4. The number of carbonyl (C=O) groups excluding carboxylic acids is 1. The van der Waals surface area contributed by atoms with Gasteiger partial charge in [-0.2, -0.15) is 0 Å². The van der Waals surface area contributed by atoms with E-state index in [-0.39, 0.29) is 11.3 Å². The van der Waals surface area contributed by atoms with Crippen molar-refractivity contribution in [3.05, 3.63) is 23.8 Å². The van der Waals surface area contributed by atoms with Crippen LogP contribution in [0.5, 0.6) is 0 Å². The molecule has 1 saturated heterocycles. The zero-order chi connectivity index (χ0) is 15.5. The number of rotatable bonds is 3. The van der Waals surface area contributed by atoms with E-state index >= 15 is 0 Å². The summed E-state index contributed by atoms with van der Waals surface area (Å²) in [6.45, 7) is 8.93. The van der Waals surface area contributed by atoms with Gasteiger partial charge in [-0.05, 0) is 49.0 Å². The third-order valence-electron chi connectivity index (χ3n) is 3.94. The molecule has 0 radical (unpaired) electrons. The smallest absolute Gasteiger partial charge is 0.238 e. The van der Waals surface area contributed by atoms with Gasteiger partial charge in [0.25, 0.3) is 0 Å². The molecule has 0 spiro atoms. The molecule has 21 heavy (non-hydrogen) atoms. The fourth-order valence-electron chi connectivity index (χ4n) is 2.83. The number of nitrogen functional groups attached to an aromatic ring is 1. The second kappa shape index (κ2) is 6.48. The summed E-state index contributed by atoms with van der Waals surface area (Å²) in [6, 6.07) is 5.75. The summed E-state index contributed by atoms with van der Waals surface area (Å²) in [5.74, 6) is 0.0491. The Kier molecular flexibility index (Phi) is 4.88. The molecule has 0 saturated carbocycles. The topological polar surface area (TPSA) is 58.4 Å². The summed E-state index contributed by atoms with van der Waals surface area (Å²) in [7, 11) is 0. The van der Waals surface area contributed by atoms with Gasteiger partial charge in [-0.1, -0.05) is 33.3 Å². The second-order valence-corrected chi connectivity index (χ2v) is 6.94. The van der Waals surface area contributed by atoms with Gasteiger partial charge in [0.2, 0.25) is 5.91 Å². The first kappa shape index (κ1) is 15.8. The molecule has 1 aromatic rings. The van der Waals surface area contributed by atoms with Crippen molar-refractivity contribution in [3.8, 4) is 0 Å². The Hall–Kier alpha value is -1.55. The number of nitrogens with zero attached hydrogens (tertiary/aromatic N) is 1. The monoisotopic (exact) mass is 289 g/mol. The number of nitrogens with one attached hydrogen (secondary N) is 1. The molecule has 4 nitrogen and oxygen atoms in total. The largest absolute Gasteiger partial charge is 0.399 e. The molecule has 116 valence electrons. The van der Waals surface area contributed by atoms with Crippen LogP contribution in [0.1, 0.15) is 45.6 Å². The van der Waals surface area contributed by atoms with E-state index in [1.165, 1.54) is 19.3 Å². The molecule has 4 heteroatoms. The van der Waals surface area contributed by atoms with Gasteiger partial charge in [0.05, 0.1) is 6.54 Å². The van der Waals surface area contributed by atoms with Crippen LogP contribution in [0.25, 0.3) is 0 Å². The Morgan fingerprint density at radius 2 is 1.90 bits per heavy atom. The van der Waals surface area contributed by atoms with Gasteiger partial charge in [0.15, 0.2) is 0 Å². The van der Waals surface area contributed by atoms with Crippen LogP contribution in [0.2, 0.25) is 0 Å². The lowest BCUT2D eigenvalue weighted by Crippen LogP contribution is -2.37. The number of carbonyl (C=O) groups is 1. The van der Waals surface area contributed by atoms with Gasteiger partial charge in [-0.15, -0.1) is 0 Å². The van der Waals surface area contributed by atoms with Crippen LogP contribution >= 0.6 is 0 Å². The number of nitrogens with two attached hydrogens (primary N) is 1. The minimum Gasteiger partial charge on any atom is -0.399 e. The normalized spacial score (nSPS) is 16.7. The Morgan fingerprint density at radius 1 is 1.24 bits per heavy atom. The molecule has 3 N–H and O–H groups in total. The lowest BCUT2D eigenvalue weighted by Gasteiger charge is -2.27. The number of likely N-dealkylation sites (tertiary alicyclic amines) is 1. The quantitative estimate of drug-likeness (QED) is 0.841. The van der Waals surface area contributed by atoms with Gasteiger partial charge in [-0.3, -0.25) is 9.69 Å². The van der Waals surface area contributed by atoms with E-state index in [0.29, 0.717) is 12.2 Å². The van der Waals surface area contributed by atoms with Crippen LogP contribution in [0.3, 0.4) is 0 Å². The highest BCUT2D eigenvalue weighted by atomic mass is 16.2. The van der Waals surface area contributed by atoms with Crippen molar-refractivity contribution >= 4 is 17.3 Å². The lowest BCUT2D eigenvalue weighted by molar-refractivity contribution is -0.117. The zero-order valence-corrected chi connectivity index (χ0v) is 13.4. The molecule has 1 aliphatic heterocycles. The van der Waals surface area contributed by atoms with Crippen molar-refractivity contribution < 1.29 is 4.79 Å². The van der Waals surface area contributed by atoms with Gasteiger partial charge in [-0.25, -0.2) is 0 Å². The Labute approximate surface area is 127 Å². The maximum absolute atomic E-state index is 12.3. The molecule has 0 aliphatic carbocycles. The van der Waals surface area contributed by atoms with Gasteiger partial charge < -0.3 is 11.1 Å². The second-order valence-electron chi connectivity index (χ2n) is 6.94. The van der Waals surface area contributed by atoms with E-state index in [4.69, 9.17) is 5.73 Å². The summed E-state index contributed by atoms with van der Waals surface area (Å²) in [5, 5.41) is 3.04. The van der Waals surface area contributed by atoms with Crippen molar-refractivity contribution in [2.75, 3.05) is 30.7 Å². The van der Waals surface area contributed by atoms with Crippen molar-refractivity contribution in [2.24, 2.45) is 0 Å². The third-order valence-corrected chi connectivity index (χ3v) is 3.94. The third kappa shape index (κ3) is 4.46. The van der Waals surface area contributed by atoms with Crippen LogP contribution < -0.4 is 11.1 Å². The van der Waals surface area contributed by atoms with E-state index in [9.17, 15) is 4.79 Å². The van der Waals surface area contributed by atoms with Crippen molar-refractivity contribution in [1.82, 2.24) is 4.90 Å². The van der Waals surface area contributed by atoms with Gasteiger partial charge in [0, 0.05) is 11.4 Å². The number of anilines is 2. The average molecular weight is 289 g/mol. The van der Waals surface area contributed by atoms with Gasteiger partial charge >= 0.3 is 0 Å². The standard InChI is InChI=1S/C17H27N3O/c1-17(2,3)14-8-7-13(18)11-15(14)19-16(21)12-20-9-5-4-6-10-20/h7-8,11H,4-6,9-10,12,18H2,1-3H3,(H,19,21). The number of hydrogen-bond acceptors (Lipinski definition) is 3. The summed E-state index contributed by atoms with van der Waals surface area (Å²) in [4.78, 5) is 14.5. The summed E-state index contributed by atoms with van der Waals surface area (Å²) < 4.78 is 0. The minimum atomic E-state index is -0.0264. The van der Waals surface area contributed by atoms with Crippen LogP contribution in [0.15, 0.2) is 18.2 Å². The molecule has 0 unspecified atom stereocenters. The molecule has 1 aliphatic rings. The predicted octanol–water partition coefficient (Wildman–Crippen LogP) is 2.99. The molecule has 1 fully saturated rings. The van der Waals surface area contributed by atoms with E-state index in [2.05, 4.69) is 31.0 Å². The highest BCUT2D eigenvalue weighted by Crippen LogP contribution is 2.31. The molecule has 0 bridgehead atoms. The Balaban J connectivity index is 2.07. The Bertz CT molecular complexity index is 499. The summed E-state index contributed by atoms with van der Waals surface area (Å²) in [6.07, 6.45) is 3.67. The van der Waals surface area contributed by atoms with Crippen LogP contribution in [-0.4, -0.2) is 30.4 Å². The van der Waals surface area contributed by atoms with Crippen molar-refractivity contribution in [3.63, 3.8) is 0 Å². The molecular formula is C17H27N3O. The molecule has 1 aromatic carbocycles. The maximum Gasteiger partial charge on any atom is 0.238 e. The predicted molar refractivity (Wildman–Crippen MR) is 88.5 cm³/mol. The fourth-order valence-corrected chi connectivity index (χ4v) is 2.83. The molecule has 0 aromatic heterocycles. The number of benzene rings is 1. The summed E-state index contributed by atoms with van der Waals surface area (Å²) in [5.41, 5.74) is 8.47. The van der Waals surface area contributed by atoms with Crippen LogP contribution in [0.4, 0.5) is 11.4 Å². The minimum absolute atomic E-state index is 0.0264. The highest BCUT2D eigenvalue weighted by molar-refractivity contribution is 5.93. The summed E-state index contributed by atoms with van der Waals surface area (Å²) >= 11 is 0. The van der Waals surface area contributed by atoms with Crippen LogP contribution in [0, 0.1) is 0 Å². The lowest BCUT2D eigenvalue weighted by atomic mass is 9.85. The SMILES string of the molecule is CC(C)(C)c1ccc(N)cc1NC(=O)CN1CCCCC1. The first-order valence-corrected chi connectivity index (χ1v) is 7.78. The number of amides is 1. The molecular weight excluding hydrogens is 262 g/mol. The van der Waals surface area contributed by atoms with Gasteiger partial charge in [0.1, 0.15) is 0 Å². The van der Waals surface area contributed by atoms with Crippen LogP contribution in [-0.2, 0) is 10.2 Å². The maximum atomic E-state index is 12.3.